The van der Waals surface area contributed by atoms with Crippen LogP contribution in [-0.4, -0.2) is 18.9 Å². The molecule has 3 unspecified atom stereocenters. The van der Waals surface area contributed by atoms with Gasteiger partial charge in [0.15, 0.2) is 0 Å². The smallest absolute Gasteiger partial charge is 0.125 e. The SMILES string of the molecule is CC(C=O)C(OCc1ccccc1)C(C)CN. The number of aldehydes is 1. The molecule has 0 amide bonds. The van der Waals surface area contributed by atoms with E-state index in [0.717, 1.165) is 11.8 Å². The zero-order chi connectivity index (χ0) is 12.7. The molecule has 0 saturated heterocycles. The summed E-state index contributed by atoms with van der Waals surface area (Å²) in [4.78, 5) is 10.9. The lowest BCUT2D eigenvalue weighted by atomic mass is 9.94. The highest BCUT2D eigenvalue weighted by atomic mass is 16.5. The molecule has 0 heterocycles. The van der Waals surface area contributed by atoms with E-state index in [0.29, 0.717) is 13.2 Å². The molecule has 2 N–H and O–H groups in total. The van der Waals surface area contributed by atoms with Crippen LogP contribution in [0, 0.1) is 11.8 Å². The Kier molecular flexibility index (Phi) is 5.87. The van der Waals surface area contributed by atoms with Crippen molar-refractivity contribution in [1.82, 2.24) is 0 Å². The highest BCUT2D eigenvalue weighted by molar-refractivity contribution is 5.53. The molecule has 0 bridgehead atoms. The van der Waals surface area contributed by atoms with Crippen LogP contribution >= 0.6 is 0 Å². The van der Waals surface area contributed by atoms with E-state index in [2.05, 4.69) is 0 Å². The molecule has 0 aliphatic heterocycles. The molecule has 1 aromatic rings. The molecule has 0 radical (unpaired) electrons. The minimum Gasteiger partial charge on any atom is -0.372 e. The van der Waals surface area contributed by atoms with E-state index in [-0.39, 0.29) is 17.9 Å². The van der Waals surface area contributed by atoms with Crippen molar-refractivity contribution in [2.75, 3.05) is 6.54 Å². The predicted molar refractivity (Wildman–Crippen MR) is 68.5 cm³/mol. The van der Waals surface area contributed by atoms with Gasteiger partial charge >= 0.3 is 0 Å². The second kappa shape index (κ2) is 7.20. The summed E-state index contributed by atoms with van der Waals surface area (Å²) in [7, 11) is 0. The summed E-state index contributed by atoms with van der Waals surface area (Å²) in [6, 6.07) is 9.94. The third-order valence-electron chi connectivity index (χ3n) is 2.95. The van der Waals surface area contributed by atoms with Gasteiger partial charge in [0.1, 0.15) is 6.29 Å². The lowest BCUT2D eigenvalue weighted by Gasteiger charge is -2.26. The van der Waals surface area contributed by atoms with Crippen LogP contribution in [0.1, 0.15) is 19.4 Å². The highest BCUT2D eigenvalue weighted by Crippen LogP contribution is 2.17. The van der Waals surface area contributed by atoms with E-state index in [1.807, 2.05) is 44.2 Å². The lowest BCUT2D eigenvalue weighted by Crippen LogP contribution is -2.34. The minimum absolute atomic E-state index is 0.113. The Labute approximate surface area is 103 Å². The Morgan fingerprint density at radius 2 is 1.94 bits per heavy atom. The van der Waals surface area contributed by atoms with Gasteiger partial charge in [0, 0.05) is 5.92 Å². The van der Waals surface area contributed by atoms with Crippen LogP contribution in [0.25, 0.3) is 0 Å². The zero-order valence-electron chi connectivity index (χ0n) is 10.5. The van der Waals surface area contributed by atoms with Gasteiger partial charge in [-0.15, -0.1) is 0 Å². The molecule has 0 saturated carbocycles. The van der Waals surface area contributed by atoms with E-state index in [9.17, 15) is 4.79 Å². The first-order valence-electron chi connectivity index (χ1n) is 6.00. The molecule has 17 heavy (non-hydrogen) atoms. The number of hydrogen-bond donors (Lipinski definition) is 1. The number of hydrogen-bond acceptors (Lipinski definition) is 3. The second-order valence-corrected chi connectivity index (χ2v) is 4.47. The second-order valence-electron chi connectivity index (χ2n) is 4.47. The Morgan fingerprint density at radius 3 is 2.47 bits per heavy atom. The number of carbonyl (C=O) groups is 1. The van der Waals surface area contributed by atoms with Crippen LogP contribution in [-0.2, 0) is 16.1 Å². The van der Waals surface area contributed by atoms with Crippen molar-refractivity contribution in [1.29, 1.82) is 0 Å². The molecule has 3 nitrogen and oxygen atoms in total. The van der Waals surface area contributed by atoms with E-state index in [1.165, 1.54) is 0 Å². The highest BCUT2D eigenvalue weighted by Gasteiger charge is 2.23. The van der Waals surface area contributed by atoms with Crippen LogP contribution in [0.2, 0.25) is 0 Å². The van der Waals surface area contributed by atoms with E-state index in [4.69, 9.17) is 10.5 Å². The maximum atomic E-state index is 10.9. The van der Waals surface area contributed by atoms with Crippen molar-refractivity contribution in [3.8, 4) is 0 Å². The zero-order valence-corrected chi connectivity index (χ0v) is 10.5. The van der Waals surface area contributed by atoms with Crippen LogP contribution < -0.4 is 5.73 Å². The van der Waals surface area contributed by atoms with E-state index in [1.54, 1.807) is 0 Å². The molecule has 3 heteroatoms. The summed E-state index contributed by atoms with van der Waals surface area (Å²) in [6.45, 7) is 4.93. The van der Waals surface area contributed by atoms with Gasteiger partial charge in [-0.1, -0.05) is 44.2 Å². The van der Waals surface area contributed by atoms with Gasteiger partial charge in [-0.25, -0.2) is 0 Å². The first-order chi connectivity index (χ1) is 8.19. The molecule has 0 aliphatic rings. The average Bonchev–Trinajstić information content (AvgIpc) is 2.39. The average molecular weight is 235 g/mol. The molecule has 0 fully saturated rings. The Balaban J connectivity index is 2.58. The van der Waals surface area contributed by atoms with E-state index >= 15 is 0 Å². The molecular formula is C14H21NO2. The predicted octanol–water partition coefficient (Wildman–Crippen LogP) is 2.00. The van der Waals surface area contributed by atoms with Gasteiger partial charge in [0.05, 0.1) is 12.7 Å². The van der Waals surface area contributed by atoms with Gasteiger partial charge < -0.3 is 15.3 Å². The van der Waals surface area contributed by atoms with Gasteiger partial charge in [-0.2, -0.15) is 0 Å². The first kappa shape index (κ1) is 13.9. The Morgan fingerprint density at radius 1 is 1.29 bits per heavy atom. The van der Waals surface area contributed by atoms with Gasteiger partial charge in [0.25, 0.3) is 0 Å². The topological polar surface area (TPSA) is 52.3 Å². The number of nitrogens with two attached hydrogens (primary N) is 1. The number of benzene rings is 1. The summed E-state index contributed by atoms with van der Waals surface area (Å²) in [5.41, 5.74) is 6.75. The number of ether oxygens (including phenoxy) is 1. The largest absolute Gasteiger partial charge is 0.372 e. The van der Waals surface area contributed by atoms with Crippen molar-refractivity contribution < 1.29 is 9.53 Å². The summed E-state index contributed by atoms with van der Waals surface area (Å²) in [5, 5.41) is 0. The molecule has 0 aliphatic carbocycles. The lowest BCUT2D eigenvalue weighted by molar-refractivity contribution is -0.117. The third-order valence-corrected chi connectivity index (χ3v) is 2.95. The molecule has 3 atom stereocenters. The maximum Gasteiger partial charge on any atom is 0.125 e. The van der Waals surface area contributed by atoms with Crippen molar-refractivity contribution in [2.24, 2.45) is 17.6 Å². The molecule has 0 spiro atoms. The maximum absolute atomic E-state index is 10.9. The number of carbonyl (C=O) groups excluding carboxylic acids is 1. The fourth-order valence-corrected chi connectivity index (χ4v) is 1.81. The molecule has 1 aromatic carbocycles. The molecule has 1 rings (SSSR count). The number of rotatable bonds is 7. The Hall–Kier alpha value is -1.19. The van der Waals surface area contributed by atoms with E-state index < -0.39 is 0 Å². The fraction of sp³-hybridized carbons (Fsp3) is 0.500. The van der Waals surface area contributed by atoms with Crippen LogP contribution in [0.4, 0.5) is 0 Å². The normalized spacial score (nSPS) is 16.2. The van der Waals surface area contributed by atoms with Gasteiger partial charge in [-0.05, 0) is 18.0 Å². The van der Waals surface area contributed by atoms with Crippen LogP contribution in [0.5, 0.6) is 0 Å². The first-order valence-corrected chi connectivity index (χ1v) is 6.00. The van der Waals surface area contributed by atoms with Crippen LogP contribution in [0.15, 0.2) is 30.3 Å². The molecule has 94 valence electrons. The minimum atomic E-state index is -0.128. The summed E-state index contributed by atoms with van der Waals surface area (Å²) < 4.78 is 5.82. The monoisotopic (exact) mass is 235 g/mol. The Bertz CT molecular complexity index is 326. The van der Waals surface area contributed by atoms with Gasteiger partial charge in [0.2, 0.25) is 0 Å². The molecule has 0 aromatic heterocycles. The standard InChI is InChI=1S/C14H21NO2/c1-11(8-15)14(12(2)9-16)17-10-13-6-4-3-5-7-13/h3-7,9,11-12,14H,8,10,15H2,1-2H3. The third kappa shape index (κ3) is 4.29. The summed E-state index contributed by atoms with van der Waals surface area (Å²) in [5.74, 6) is 0.0520. The van der Waals surface area contributed by atoms with Crippen molar-refractivity contribution in [3.05, 3.63) is 35.9 Å². The van der Waals surface area contributed by atoms with Crippen molar-refractivity contribution in [3.63, 3.8) is 0 Å². The van der Waals surface area contributed by atoms with Crippen molar-refractivity contribution in [2.45, 2.75) is 26.6 Å². The molecular weight excluding hydrogens is 214 g/mol. The quantitative estimate of drug-likeness (QED) is 0.735. The van der Waals surface area contributed by atoms with Gasteiger partial charge in [-0.3, -0.25) is 0 Å². The fourth-order valence-electron chi connectivity index (χ4n) is 1.81. The summed E-state index contributed by atoms with van der Waals surface area (Å²) in [6.07, 6.45) is 0.819. The summed E-state index contributed by atoms with van der Waals surface area (Å²) >= 11 is 0. The van der Waals surface area contributed by atoms with Crippen LogP contribution in [0.3, 0.4) is 0 Å². The van der Waals surface area contributed by atoms with Crippen molar-refractivity contribution >= 4 is 6.29 Å².